The molecule has 1 aromatic rings. The van der Waals surface area contributed by atoms with Crippen molar-refractivity contribution in [2.75, 3.05) is 5.75 Å². The molecule has 12 heavy (non-hydrogen) atoms. The van der Waals surface area contributed by atoms with E-state index in [1.54, 1.807) is 12.3 Å². The molecule has 0 spiro atoms. The average Bonchev–Trinajstić information content (AvgIpc) is 2.16. The maximum Gasteiger partial charge on any atom is 0.244 e. The minimum absolute atomic E-state index is 0.224. The van der Waals surface area contributed by atoms with Crippen LogP contribution in [0.3, 0.4) is 0 Å². The largest absolute Gasteiger partial charge is 0.294 e. The van der Waals surface area contributed by atoms with Gasteiger partial charge in [0.1, 0.15) is 6.33 Å². The average molecular weight is 184 g/mol. The smallest absolute Gasteiger partial charge is 0.244 e. The monoisotopic (exact) mass is 184 g/mol. The molecule has 64 valence electrons. The minimum Gasteiger partial charge on any atom is -0.294 e. The Bertz CT molecular complexity index is 253. The second-order valence-corrected chi connectivity index (χ2v) is 2.90. The van der Waals surface area contributed by atoms with Crippen molar-refractivity contribution in [2.45, 2.75) is 5.03 Å². The number of thioether (sulfide) groups is 1. The first kappa shape index (κ1) is 8.95. The Kier molecular flexibility index (Phi) is 3.49. The van der Waals surface area contributed by atoms with E-state index in [1.165, 1.54) is 18.1 Å². The Morgan fingerprint density at radius 1 is 1.75 bits per heavy atom. The van der Waals surface area contributed by atoms with Gasteiger partial charge in [0, 0.05) is 6.20 Å². The van der Waals surface area contributed by atoms with E-state index in [2.05, 4.69) is 9.97 Å². The predicted octanol–water partition coefficient (Wildman–Crippen LogP) is -0.441. The summed E-state index contributed by atoms with van der Waals surface area (Å²) in [6.45, 7) is 0. The Morgan fingerprint density at radius 2 is 2.58 bits per heavy atom. The quantitative estimate of drug-likeness (QED) is 0.219. The number of rotatable bonds is 3. The van der Waals surface area contributed by atoms with E-state index < -0.39 is 0 Å². The van der Waals surface area contributed by atoms with E-state index in [4.69, 9.17) is 5.84 Å². The van der Waals surface area contributed by atoms with Crippen molar-refractivity contribution < 1.29 is 4.79 Å². The second kappa shape index (κ2) is 4.68. The molecule has 0 atom stereocenters. The predicted molar refractivity (Wildman–Crippen MR) is 45.1 cm³/mol. The fraction of sp³-hybridized carbons (Fsp3) is 0.167. The zero-order chi connectivity index (χ0) is 8.81. The molecule has 0 saturated carbocycles. The molecule has 1 rings (SSSR count). The van der Waals surface area contributed by atoms with Crippen molar-refractivity contribution in [2.24, 2.45) is 5.84 Å². The summed E-state index contributed by atoms with van der Waals surface area (Å²) in [5.74, 6) is 4.94. The molecule has 0 aromatic carbocycles. The van der Waals surface area contributed by atoms with Crippen molar-refractivity contribution in [3.8, 4) is 0 Å². The molecule has 0 fully saturated rings. The van der Waals surface area contributed by atoms with Gasteiger partial charge < -0.3 is 0 Å². The zero-order valence-corrected chi connectivity index (χ0v) is 7.04. The van der Waals surface area contributed by atoms with Crippen LogP contribution in [0.5, 0.6) is 0 Å². The van der Waals surface area contributed by atoms with Gasteiger partial charge in [0.2, 0.25) is 5.91 Å². The van der Waals surface area contributed by atoms with Crippen LogP contribution in [0.1, 0.15) is 0 Å². The third-order valence-corrected chi connectivity index (χ3v) is 2.01. The van der Waals surface area contributed by atoms with Gasteiger partial charge in [0.25, 0.3) is 0 Å². The highest BCUT2D eigenvalue weighted by Crippen LogP contribution is 2.11. The summed E-state index contributed by atoms with van der Waals surface area (Å²) in [5.41, 5.74) is 2.03. The zero-order valence-electron chi connectivity index (χ0n) is 6.23. The summed E-state index contributed by atoms with van der Waals surface area (Å²) >= 11 is 1.31. The van der Waals surface area contributed by atoms with Crippen LogP contribution in [0.2, 0.25) is 0 Å². The van der Waals surface area contributed by atoms with Gasteiger partial charge >= 0.3 is 0 Å². The van der Waals surface area contributed by atoms with E-state index in [0.717, 1.165) is 5.03 Å². The number of carbonyl (C=O) groups is 1. The Balaban J connectivity index is 2.38. The summed E-state index contributed by atoms with van der Waals surface area (Å²) in [6.07, 6.45) is 3.05. The fourth-order valence-corrected chi connectivity index (χ4v) is 1.19. The number of hydrazine groups is 1. The number of hydrogen-bond acceptors (Lipinski definition) is 5. The first-order valence-electron chi connectivity index (χ1n) is 3.21. The molecule has 6 heteroatoms. The number of hydrogen-bond donors (Lipinski definition) is 2. The maximum atomic E-state index is 10.7. The molecular weight excluding hydrogens is 176 g/mol. The van der Waals surface area contributed by atoms with Crippen molar-refractivity contribution in [1.29, 1.82) is 0 Å². The van der Waals surface area contributed by atoms with Gasteiger partial charge in [-0.1, -0.05) is 11.8 Å². The topological polar surface area (TPSA) is 80.9 Å². The van der Waals surface area contributed by atoms with Crippen molar-refractivity contribution in [3.05, 3.63) is 18.6 Å². The third kappa shape index (κ3) is 2.85. The first-order chi connectivity index (χ1) is 5.83. The normalized spacial score (nSPS) is 9.42. The third-order valence-electron chi connectivity index (χ3n) is 1.07. The number of nitrogens with two attached hydrogens (primary N) is 1. The highest BCUT2D eigenvalue weighted by Gasteiger charge is 1.99. The number of aromatic nitrogens is 2. The SMILES string of the molecule is NNC(=O)CSc1ccncn1. The summed E-state index contributed by atoms with van der Waals surface area (Å²) in [5, 5.41) is 0.758. The van der Waals surface area contributed by atoms with Crippen LogP contribution in [-0.2, 0) is 4.79 Å². The van der Waals surface area contributed by atoms with Crippen LogP contribution < -0.4 is 11.3 Å². The Hall–Kier alpha value is -1.14. The first-order valence-corrected chi connectivity index (χ1v) is 4.19. The summed E-state index contributed by atoms with van der Waals surface area (Å²) in [6, 6.07) is 1.73. The van der Waals surface area contributed by atoms with E-state index >= 15 is 0 Å². The molecule has 0 radical (unpaired) electrons. The molecule has 1 heterocycles. The van der Waals surface area contributed by atoms with Gasteiger partial charge in [0.05, 0.1) is 10.8 Å². The van der Waals surface area contributed by atoms with E-state index in [1.807, 2.05) is 5.43 Å². The fourth-order valence-electron chi connectivity index (χ4n) is 0.545. The second-order valence-electron chi connectivity index (χ2n) is 1.90. The van der Waals surface area contributed by atoms with E-state index in [-0.39, 0.29) is 11.7 Å². The van der Waals surface area contributed by atoms with Gasteiger partial charge in [-0.05, 0) is 6.07 Å². The van der Waals surface area contributed by atoms with Gasteiger partial charge in [-0.15, -0.1) is 0 Å². The van der Waals surface area contributed by atoms with Crippen LogP contribution in [0.15, 0.2) is 23.6 Å². The summed E-state index contributed by atoms with van der Waals surface area (Å²) in [4.78, 5) is 18.3. The summed E-state index contributed by atoms with van der Waals surface area (Å²) in [7, 11) is 0. The molecule has 1 aromatic heterocycles. The van der Waals surface area contributed by atoms with Crippen molar-refractivity contribution in [1.82, 2.24) is 15.4 Å². The molecule has 5 nitrogen and oxygen atoms in total. The molecule has 1 amide bonds. The highest BCUT2D eigenvalue weighted by atomic mass is 32.2. The van der Waals surface area contributed by atoms with Crippen LogP contribution in [0, 0.1) is 0 Å². The number of nitrogens with zero attached hydrogens (tertiary/aromatic N) is 2. The Morgan fingerprint density at radius 3 is 3.17 bits per heavy atom. The van der Waals surface area contributed by atoms with Crippen LogP contribution in [0.25, 0.3) is 0 Å². The van der Waals surface area contributed by atoms with Crippen molar-refractivity contribution >= 4 is 17.7 Å². The minimum atomic E-state index is -0.224. The van der Waals surface area contributed by atoms with E-state index in [9.17, 15) is 4.79 Å². The molecule has 0 bridgehead atoms. The van der Waals surface area contributed by atoms with Crippen LogP contribution in [0.4, 0.5) is 0 Å². The molecular formula is C6H8N4OS. The molecule has 0 saturated heterocycles. The number of carbonyl (C=O) groups excluding carboxylic acids is 1. The highest BCUT2D eigenvalue weighted by molar-refractivity contribution is 7.99. The standard InChI is InChI=1S/C6H8N4OS/c7-10-5(11)3-12-6-1-2-8-4-9-6/h1-2,4H,3,7H2,(H,10,11). The lowest BCUT2D eigenvalue weighted by atomic mass is 10.7. The van der Waals surface area contributed by atoms with Gasteiger partial charge in [-0.2, -0.15) is 0 Å². The molecule has 0 aliphatic heterocycles. The van der Waals surface area contributed by atoms with Gasteiger partial charge in [0.15, 0.2) is 0 Å². The molecule has 0 unspecified atom stereocenters. The summed E-state index contributed by atoms with van der Waals surface area (Å²) < 4.78 is 0. The molecule has 0 aliphatic carbocycles. The lowest BCUT2D eigenvalue weighted by molar-refractivity contribution is -0.118. The van der Waals surface area contributed by atoms with Crippen LogP contribution >= 0.6 is 11.8 Å². The van der Waals surface area contributed by atoms with Gasteiger partial charge in [-0.25, -0.2) is 15.8 Å². The molecule has 0 aliphatic rings. The molecule has 3 N–H and O–H groups in total. The van der Waals surface area contributed by atoms with Gasteiger partial charge in [-0.3, -0.25) is 10.2 Å². The lowest BCUT2D eigenvalue weighted by Gasteiger charge is -1.97. The van der Waals surface area contributed by atoms with Crippen LogP contribution in [-0.4, -0.2) is 21.6 Å². The van der Waals surface area contributed by atoms with Crippen molar-refractivity contribution in [3.63, 3.8) is 0 Å². The lowest BCUT2D eigenvalue weighted by Crippen LogP contribution is -2.31. The maximum absolute atomic E-state index is 10.7. The Labute approximate surface area is 73.7 Å². The van der Waals surface area contributed by atoms with E-state index in [0.29, 0.717) is 0 Å². The number of amides is 1. The number of nitrogens with one attached hydrogen (secondary N) is 1.